The van der Waals surface area contributed by atoms with Crippen molar-refractivity contribution in [1.82, 2.24) is 14.8 Å². The largest absolute Gasteiger partial charge is 0.363 e. The van der Waals surface area contributed by atoms with Gasteiger partial charge in [-0.05, 0) is 55.2 Å². The van der Waals surface area contributed by atoms with Crippen LogP contribution in [0, 0.1) is 11.7 Å². The smallest absolute Gasteiger partial charge is 0.300 e. The average Bonchev–Trinajstić information content (AvgIpc) is 3.22. The number of para-hydroxylation sites is 1. The zero-order valence-corrected chi connectivity index (χ0v) is 14.7. The maximum Gasteiger partial charge on any atom is 0.300 e. The standard InChI is InChI=1S/C21H19FN4O/c22-15-11-9-13(10-12-15)18-21(27)24-20-16-7-3-4-8-17(16)23-19(26(20)25-18)14-5-1-2-6-14/h3-4,7-12,14,19,23H,1-2,5-6H2/t19-/m0/s1. The highest BCUT2D eigenvalue weighted by molar-refractivity contribution is 5.76. The van der Waals surface area contributed by atoms with E-state index in [1.165, 1.54) is 25.0 Å². The lowest BCUT2D eigenvalue weighted by Gasteiger charge is -2.33. The van der Waals surface area contributed by atoms with Crippen molar-refractivity contribution in [2.45, 2.75) is 31.8 Å². The monoisotopic (exact) mass is 362 g/mol. The van der Waals surface area contributed by atoms with E-state index in [2.05, 4.69) is 10.3 Å². The molecule has 1 N–H and O–H groups in total. The van der Waals surface area contributed by atoms with Crippen molar-refractivity contribution in [2.75, 3.05) is 5.32 Å². The lowest BCUT2D eigenvalue weighted by atomic mass is 10.0. The summed E-state index contributed by atoms with van der Waals surface area (Å²) in [6.45, 7) is 0. The first-order valence-electron chi connectivity index (χ1n) is 9.33. The molecule has 0 saturated heterocycles. The van der Waals surface area contributed by atoms with E-state index in [1.807, 2.05) is 28.9 Å². The molecule has 1 aliphatic carbocycles. The Labute approximate surface area is 155 Å². The number of fused-ring (bicyclic) bond motifs is 3. The third-order valence-electron chi connectivity index (χ3n) is 5.53. The molecule has 5 nitrogen and oxygen atoms in total. The van der Waals surface area contributed by atoms with Gasteiger partial charge >= 0.3 is 0 Å². The molecule has 27 heavy (non-hydrogen) atoms. The summed E-state index contributed by atoms with van der Waals surface area (Å²) in [5.74, 6) is 0.691. The molecule has 0 bridgehead atoms. The molecule has 2 heterocycles. The highest BCUT2D eigenvalue weighted by Crippen LogP contribution is 2.41. The van der Waals surface area contributed by atoms with Gasteiger partial charge in [0.15, 0.2) is 11.5 Å². The summed E-state index contributed by atoms with van der Waals surface area (Å²) >= 11 is 0. The summed E-state index contributed by atoms with van der Waals surface area (Å²) < 4.78 is 15.1. The Bertz CT molecular complexity index is 1050. The van der Waals surface area contributed by atoms with Crippen molar-refractivity contribution >= 4 is 5.69 Å². The van der Waals surface area contributed by atoms with E-state index in [0.29, 0.717) is 17.3 Å². The summed E-state index contributed by atoms with van der Waals surface area (Å²) in [5, 5.41) is 8.30. The minimum atomic E-state index is -0.394. The van der Waals surface area contributed by atoms with Crippen LogP contribution in [0.2, 0.25) is 0 Å². The van der Waals surface area contributed by atoms with Crippen LogP contribution >= 0.6 is 0 Å². The number of hydrogen-bond acceptors (Lipinski definition) is 4. The number of halogens is 1. The van der Waals surface area contributed by atoms with Crippen molar-refractivity contribution in [2.24, 2.45) is 5.92 Å². The van der Waals surface area contributed by atoms with Gasteiger partial charge in [-0.15, -0.1) is 0 Å². The molecule has 0 unspecified atom stereocenters. The van der Waals surface area contributed by atoms with Gasteiger partial charge in [-0.25, -0.2) is 9.07 Å². The second kappa shape index (κ2) is 6.30. The molecule has 2 aromatic carbocycles. The van der Waals surface area contributed by atoms with Crippen LogP contribution in [0.15, 0.2) is 53.3 Å². The van der Waals surface area contributed by atoms with E-state index < -0.39 is 5.56 Å². The zero-order valence-electron chi connectivity index (χ0n) is 14.7. The van der Waals surface area contributed by atoms with E-state index in [-0.39, 0.29) is 17.7 Å². The Hall–Kier alpha value is -3.02. The fraction of sp³-hybridized carbons (Fsp3) is 0.286. The molecule has 5 rings (SSSR count). The summed E-state index contributed by atoms with van der Waals surface area (Å²) in [7, 11) is 0. The van der Waals surface area contributed by atoms with Crippen molar-refractivity contribution in [3.63, 3.8) is 0 Å². The first kappa shape index (κ1) is 16.2. The van der Waals surface area contributed by atoms with Crippen molar-refractivity contribution < 1.29 is 4.39 Å². The molecule has 0 amide bonds. The quantitative estimate of drug-likeness (QED) is 0.741. The van der Waals surface area contributed by atoms with Crippen LogP contribution in [-0.4, -0.2) is 14.8 Å². The van der Waals surface area contributed by atoms with Gasteiger partial charge < -0.3 is 5.32 Å². The van der Waals surface area contributed by atoms with Crippen molar-refractivity contribution in [3.8, 4) is 22.6 Å². The first-order valence-corrected chi connectivity index (χ1v) is 9.33. The number of aromatic nitrogens is 3. The van der Waals surface area contributed by atoms with Gasteiger partial charge in [-0.2, -0.15) is 10.1 Å². The summed E-state index contributed by atoms with van der Waals surface area (Å²) in [6.07, 6.45) is 4.62. The van der Waals surface area contributed by atoms with Gasteiger partial charge in [0.25, 0.3) is 5.56 Å². The second-order valence-electron chi connectivity index (χ2n) is 7.22. The number of benzene rings is 2. The molecule has 1 fully saturated rings. The van der Waals surface area contributed by atoms with Gasteiger partial charge in [0.1, 0.15) is 12.0 Å². The van der Waals surface area contributed by atoms with E-state index in [0.717, 1.165) is 24.1 Å². The highest BCUT2D eigenvalue weighted by Gasteiger charge is 2.33. The SMILES string of the molecule is O=c1nc2n(nc1-c1ccc(F)cc1)[C@@H](C1CCCC1)Nc1ccccc1-2. The molecule has 6 heteroatoms. The van der Waals surface area contributed by atoms with Crippen LogP contribution < -0.4 is 10.9 Å². The Kier molecular flexibility index (Phi) is 3.77. The molecule has 1 aromatic heterocycles. The summed E-state index contributed by atoms with van der Waals surface area (Å²) in [4.78, 5) is 17.1. The minimum absolute atomic E-state index is 0.0373. The topological polar surface area (TPSA) is 59.8 Å². The maximum atomic E-state index is 13.3. The van der Waals surface area contributed by atoms with Crippen LogP contribution in [0.5, 0.6) is 0 Å². The lowest BCUT2D eigenvalue weighted by Crippen LogP contribution is -2.35. The zero-order chi connectivity index (χ0) is 18.4. The predicted octanol–water partition coefficient (Wildman–Crippen LogP) is 4.23. The highest BCUT2D eigenvalue weighted by atomic mass is 19.1. The molecular weight excluding hydrogens is 343 g/mol. The lowest BCUT2D eigenvalue weighted by molar-refractivity contribution is 0.337. The molecule has 1 atom stereocenters. The third kappa shape index (κ3) is 2.72. The van der Waals surface area contributed by atoms with Gasteiger partial charge in [-0.3, -0.25) is 4.79 Å². The Morgan fingerprint density at radius 3 is 2.56 bits per heavy atom. The molecule has 136 valence electrons. The molecule has 1 saturated carbocycles. The van der Waals surface area contributed by atoms with E-state index in [9.17, 15) is 9.18 Å². The van der Waals surface area contributed by atoms with Gasteiger partial charge in [0.2, 0.25) is 0 Å². The van der Waals surface area contributed by atoms with Crippen molar-refractivity contribution in [1.29, 1.82) is 0 Å². The normalized spacial score (nSPS) is 18.6. The van der Waals surface area contributed by atoms with Gasteiger partial charge in [-0.1, -0.05) is 25.0 Å². The summed E-state index contributed by atoms with van der Waals surface area (Å²) in [6, 6.07) is 13.7. The van der Waals surface area contributed by atoms with Crippen LogP contribution in [0.3, 0.4) is 0 Å². The maximum absolute atomic E-state index is 13.3. The van der Waals surface area contributed by atoms with E-state index in [1.54, 1.807) is 12.1 Å². The average molecular weight is 362 g/mol. The number of nitrogens with zero attached hydrogens (tertiary/aromatic N) is 3. The molecule has 2 aliphatic rings. The van der Waals surface area contributed by atoms with Crippen molar-refractivity contribution in [3.05, 3.63) is 64.7 Å². The minimum Gasteiger partial charge on any atom is -0.363 e. The number of anilines is 1. The molecule has 0 radical (unpaired) electrons. The molecular formula is C21H19FN4O. The predicted molar refractivity (Wildman–Crippen MR) is 102 cm³/mol. The third-order valence-corrected chi connectivity index (χ3v) is 5.53. The first-order chi connectivity index (χ1) is 13.2. The van der Waals surface area contributed by atoms with Crippen LogP contribution in [-0.2, 0) is 0 Å². The number of rotatable bonds is 2. The number of nitrogens with one attached hydrogen (secondary N) is 1. The molecule has 1 aliphatic heterocycles. The fourth-order valence-corrected chi connectivity index (χ4v) is 4.18. The Morgan fingerprint density at radius 1 is 1.04 bits per heavy atom. The number of hydrogen-bond donors (Lipinski definition) is 1. The van der Waals surface area contributed by atoms with Crippen LogP contribution in [0.25, 0.3) is 22.6 Å². The van der Waals surface area contributed by atoms with Crippen LogP contribution in [0.4, 0.5) is 10.1 Å². The molecule has 0 spiro atoms. The molecule has 3 aromatic rings. The van der Waals surface area contributed by atoms with Gasteiger partial charge in [0, 0.05) is 16.8 Å². The Morgan fingerprint density at radius 2 is 1.78 bits per heavy atom. The fourth-order valence-electron chi connectivity index (χ4n) is 4.18. The summed E-state index contributed by atoms with van der Waals surface area (Å²) in [5.41, 5.74) is 2.30. The Balaban J connectivity index is 1.70. The van der Waals surface area contributed by atoms with E-state index >= 15 is 0 Å². The van der Waals surface area contributed by atoms with E-state index in [4.69, 9.17) is 5.10 Å². The second-order valence-corrected chi connectivity index (χ2v) is 7.22. The van der Waals surface area contributed by atoms with Gasteiger partial charge in [0.05, 0.1) is 0 Å². The van der Waals surface area contributed by atoms with Crippen LogP contribution in [0.1, 0.15) is 31.8 Å².